The predicted molar refractivity (Wildman–Crippen MR) is 69.4 cm³/mol. The summed E-state index contributed by atoms with van der Waals surface area (Å²) in [5.74, 6) is 2.64. The Morgan fingerprint density at radius 1 is 1.47 bits per heavy atom. The Kier molecular flexibility index (Phi) is 2.63. The molecule has 5 heteroatoms. The smallest absolute Gasteiger partial charge is 0.224 e. The van der Waals surface area contributed by atoms with Gasteiger partial charge in [0.2, 0.25) is 5.95 Å². The van der Waals surface area contributed by atoms with Crippen LogP contribution in [0, 0.1) is 6.92 Å². The van der Waals surface area contributed by atoms with Crippen LogP contribution >= 0.6 is 11.3 Å². The molecule has 3 rings (SSSR count). The maximum atomic E-state index is 4.25. The molecule has 0 spiro atoms. The van der Waals surface area contributed by atoms with E-state index in [9.17, 15) is 0 Å². The summed E-state index contributed by atoms with van der Waals surface area (Å²) in [6, 6.07) is 2.15. The Balaban J connectivity index is 1.71. The largest absolute Gasteiger partial charge is 0.349 e. The van der Waals surface area contributed by atoms with Gasteiger partial charge in [0.15, 0.2) is 0 Å². The molecule has 1 N–H and O–H groups in total. The summed E-state index contributed by atoms with van der Waals surface area (Å²) < 4.78 is 2.08. The molecular formula is C12H16N4S. The van der Waals surface area contributed by atoms with Gasteiger partial charge in [0.25, 0.3) is 0 Å². The maximum Gasteiger partial charge on any atom is 0.224 e. The average molecular weight is 248 g/mol. The lowest BCUT2D eigenvalue weighted by atomic mass is 10.3. The predicted octanol–water partition coefficient (Wildman–Crippen LogP) is 2.67. The molecule has 0 aromatic carbocycles. The third kappa shape index (κ3) is 2.07. The zero-order chi connectivity index (χ0) is 11.8. The van der Waals surface area contributed by atoms with E-state index in [0.717, 1.165) is 18.3 Å². The lowest BCUT2D eigenvalue weighted by Crippen LogP contribution is -2.06. The normalized spacial score (nSPS) is 15.2. The number of rotatable bonds is 4. The third-order valence-electron chi connectivity index (χ3n) is 3.23. The van der Waals surface area contributed by atoms with Crippen molar-refractivity contribution in [3.05, 3.63) is 27.7 Å². The summed E-state index contributed by atoms with van der Waals surface area (Å²) >= 11 is 1.78. The minimum atomic E-state index is 0.645. The van der Waals surface area contributed by atoms with Crippen LogP contribution in [-0.2, 0) is 13.6 Å². The fourth-order valence-electron chi connectivity index (χ4n) is 1.94. The van der Waals surface area contributed by atoms with Crippen molar-refractivity contribution < 1.29 is 0 Å². The first-order valence-corrected chi connectivity index (χ1v) is 6.80. The lowest BCUT2D eigenvalue weighted by molar-refractivity contribution is 0.798. The van der Waals surface area contributed by atoms with Gasteiger partial charge in [-0.3, -0.25) is 0 Å². The minimum Gasteiger partial charge on any atom is -0.349 e. The van der Waals surface area contributed by atoms with Crippen LogP contribution in [0.5, 0.6) is 0 Å². The summed E-state index contributed by atoms with van der Waals surface area (Å²) in [6.45, 7) is 2.97. The van der Waals surface area contributed by atoms with Gasteiger partial charge in [-0.2, -0.15) is 0 Å². The molecule has 0 unspecified atom stereocenters. The molecule has 2 aromatic rings. The quantitative estimate of drug-likeness (QED) is 0.904. The molecule has 1 aliphatic carbocycles. The standard InChI is InChI=1S/C12H16N4S/c1-8-5-6-17-10(8)7-13-12-15-14-11(16(12)2)9-3-4-9/h5-6,9H,3-4,7H2,1-2H3,(H,13,15). The number of nitrogens with one attached hydrogen (secondary N) is 1. The Morgan fingerprint density at radius 3 is 2.94 bits per heavy atom. The first-order chi connectivity index (χ1) is 8.25. The van der Waals surface area contributed by atoms with Crippen LogP contribution in [0.4, 0.5) is 5.95 Å². The second-order valence-electron chi connectivity index (χ2n) is 4.60. The molecule has 1 aliphatic rings. The Hall–Kier alpha value is -1.36. The van der Waals surface area contributed by atoms with Crippen molar-refractivity contribution in [1.82, 2.24) is 14.8 Å². The van der Waals surface area contributed by atoms with Crippen molar-refractivity contribution in [2.75, 3.05) is 5.32 Å². The summed E-state index contributed by atoms with van der Waals surface area (Å²) in [5.41, 5.74) is 1.34. The molecule has 0 amide bonds. The SMILES string of the molecule is Cc1ccsc1CNc1nnc(C2CC2)n1C. The Labute approximate surface area is 105 Å². The fourth-order valence-corrected chi connectivity index (χ4v) is 2.78. The van der Waals surface area contributed by atoms with E-state index in [0.29, 0.717) is 5.92 Å². The number of nitrogens with zero attached hydrogens (tertiary/aromatic N) is 3. The summed E-state index contributed by atoms with van der Waals surface area (Å²) in [4.78, 5) is 1.36. The third-order valence-corrected chi connectivity index (χ3v) is 4.25. The topological polar surface area (TPSA) is 42.7 Å². The first kappa shape index (κ1) is 10.8. The molecule has 0 radical (unpaired) electrons. The van der Waals surface area contributed by atoms with Crippen LogP contribution < -0.4 is 5.32 Å². The second-order valence-corrected chi connectivity index (χ2v) is 5.60. The number of anilines is 1. The van der Waals surface area contributed by atoms with Gasteiger partial charge in [-0.15, -0.1) is 21.5 Å². The van der Waals surface area contributed by atoms with Gasteiger partial charge >= 0.3 is 0 Å². The van der Waals surface area contributed by atoms with E-state index >= 15 is 0 Å². The Bertz CT molecular complexity index is 524. The molecule has 0 aliphatic heterocycles. The number of hydrogen-bond acceptors (Lipinski definition) is 4. The molecule has 2 heterocycles. The van der Waals surface area contributed by atoms with Crippen molar-refractivity contribution in [2.24, 2.45) is 7.05 Å². The summed E-state index contributed by atoms with van der Waals surface area (Å²) in [7, 11) is 2.04. The number of aromatic nitrogens is 3. The van der Waals surface area contributed by atoms with Crippen molar-refractivity contribution in [1.29, 1.82) is 0 Å². The monoisotopic (exact) mass is 248 g/mol. The highest BCUT2D eigenvalue weighted by atomic mass is 32.1. The van der Waals surface area contributed by atoms with Crippen LogP contribution in [0.15, 0.2) is 11.4 Å². The molecule has 0 saturated heterocycles. The van der Waals surface area contributed by atoms with Gasteiger partial charge in [0, 0.05) is 17.8 Å². The number of hydrogen-bond donors (Lipinski definition) is 1. The molecule has 17 heavy (non-hydrogen) atoms. The molecule has 1 fully saturated rings. The highest BCUT2D eigenvalue weighted by Gasteiger charge is 2.29. The van der Waals surface area contributed by atoms with E-state index in [4.69, 9.17) is 0 Å². The fraction of sp³-hybridized carbons (Fsp3) is 0.500. The van der Waals surface area contributed by atoms with Crippen molar-refractivity contribution in [3.63, 3.8) is 0 Å². The zero-order valence-electron chi connectivity index (χ0n) is 10.1. The van der Waals surface area contributed by atoms with Crippen LogP contribution in [0.25, 0.3) is 0 Å². The molecule has 2 aromatic heterocycles. The molecule has 0 atom stereocenters. The average Bonchev–Trinajstić information content (AvgIpc) is 2.98. The summed E-state index contributed by atoms with van der Waals surface area (Å²) in [6.07, 6.45) is 2.52. The van der Waals surface area contributed by atoms with E-state index in [-0.39, 0.29) is 0 Å². The molecule has 0 bridgehead atoms. The summed E-state index contributed by atoms with van der Waals surface area (Å²) in [5, 5.41) is 13.9. The molecule has 4 nitrogen and oxygen atoms in total. The van der Waals surface area contributed by atoms with Gasteiger partial charge in [-0.05, 0) is 36.8 Å². The van der Waals surface area contributed by atoms with E-state index in [1.165, 1.54) is 23.3 Å². The van der Waals surface area contributed by atoms with Crippen LogP contribution in [-0.4, -0.2) is 14.8 Å². The number of aryl methyl sites for hydroxylation is 1. The Morgan fingerprint density at radius 2 is 2.29 bits per heavy atom. The second kappa shape index (κ2) is 4.14. The van der Waals surface area contributed by atoms with E-state index in [1.807, 2.05) is 7.05 Å². The zero-order valence-corrected chi connectivity index (χ0v) is 10.9. The molecule has 90 valence electrons. The highest BCUT2D eigenvalue weighted by molar-refractivity contribution is 7.10. The van der Waals surface area contributed by atoms with Crippen LogP contribution in [0.3, 0.4) is 0 Å². The van der Waals surface area contributed by atoms with Crippen LogP contribution in [0.1, 0.15) is 35.0 Å². The van der Waals surface area contributed by atoms with Crippen molar-refractivity contribution in [2.45, 2.75) is 32.2 Å². The van der Waals surface area contributed by atoms with E-state index in [1.54, 1.807) is 11.3 Å². The minimum absolute atomic E-state index is 0.645. The highest BCUT2D eigenvalue weighted by Crippen LogP contribution is 2.39. The first-order valence-electron chi connectivity index (χ1n) is 5.92. The molecular weight excluding hydrogens is 232 g/mol. The van der Waals surface area contributed by atoms with E-state index in [2.05, 4.69) is 38.5 Å². The van der Waals surface area contributed by atoms with Gasteiger partial charge < -0.3 is 9.88 Å². The molecule has 1 saturated carbocycles. The number of thiophene rings is 1. The van der Waals surface area contributed by atoms with Gasteiger partial charge in [-0.25, -0.2) is 0 Å². The maximum absolute atomic E-state index is 4.25. The van der Waals surface area contributed by atoms with Crippen molar-refractivity contribution >= 4 is 17.3 Å². The van der Waals surface area contributed by atoms with Gasteiger partial charge in [0.05, 0.1) is 6.54 Å². The van der Waals surface area contributed by atoms with Gasteiger partial charge in [-0.1, -0.05) is 0 Å². The van der Waals surface area contributed by atoms with Gasteiger partial charge in [0.1, 0.15) is 5.82 Å². The van der Waals surface area contributed by atoms with Crippen molar-refractivity contribution in [3.8, 4) is 0 Å². The van der Waals surface area contributed by atoms with E-state index < -0.39 is 0 Å². The van der Waals surface area contributed by atoms with Crippen LogP contribution in [0.2, 0.25) is 0 Å². The lowest BCUT2D eigenvalue weighted by Gasteiger charge is -2.05.